The molecule has 1 atom stereocenters. The van der Waals surface area contributed by atoms with Crippen LogP contribution < -0.4 is 5.32 Å². The normalized spacial score (nSPS) is 17.9. The van der Waals surface area contributed by atoms with E-state index >= 15 is 0 Å². The second-order valence-corrected chi connectivity index (χ2v) is 7.38. The summed E-state index contributed by atoms with van der Waals surface area (Å²) in [5.41, 5.74) is 2.99. The van der Waals surface area contributed by atoms with E-state index in [1.807, 2.05) is 24.5 Å². The van der Waals surface area contributed by atoms with Gasteiger partial charge in [-0.05, 0) is 32.9 Å². The molecule has 0 saturated heterocycles. The lowest BCUT2D eigenvalue weighted by Crippen LogP contribution is -2.30. The molecule has 1 unspecified atom stereocenters. The summed E-state index contributed by atoms with van der Waals surface area (Å²) in [6.07, 6.45) is 4.98. The number of amides is 1. The molecule has 4 heterocycles. The first-order valence-electron chi connectivity index (χ1n) is 9.59. The number of aromatic nitrogens is 6. The van der Waals surface area contributed by atoms with Crippen molar-refractivity contribution < 1.29 is 9.90 Å². The van der Waals surface area contributed by atoms with Crippen molar-refractivity contribution in [3.05, 3.63) is 48.3 Å². The molecule has 0 saturated carbocycles. The summed E-state index contributed by atoms with van der Waals surface area (Å²) in [6, 6.07) is 5.39. The van der Waals surface area contributed by atoms with Crippen molar-refractivity contribution >= 4 is 22.8 Å². The maximum Gasteiger partial charge on any atom is 0.260 e. The Bertz CT molecular complexity index is 1310. The maximum absolute atomic E-state index is 12.1. The fourth-order valence-electron chi connectivity index (χ4n) is 3.75. The largest absolute Gasteiger partial charge is 0.375 e. The lowest BCUT2D eigenvalue weighted by Gasteiger charge is -2.14. The molecule has 0 spiro atoms. The highest BCUT2D eigenvalue weighted by molar-refractivity contribution is 6.05. The molecule has 1 aromatic carbocycles. The number of carbonyl (C=O) groups is 1. The lowest BCUT2D eigenvalue weighted by atomic mass is 9.95. The molecule has 0 aliphatic carbocycles. The number of hydrogen-bond acceptors (Lipinski definition) is 7. The van der Waals surface area contributed by atoms with Gasteiger partial charge >= 0.3 is 0 Å². The van der Waals surface area contributed by atoms with Crippen LogP contribution in [0.25, 0.3) is 33.8 Å². The molecular formula is C21H19N7O2. The monoisotopic (exact) mass is 401 g/mol. The third kappa shape index (κ3) is 2.59. The van der Waals surface area contributed by atoms with Crippen LogP contribution in [0.1, 0.15) is 25.2 Å². The predicted octanol–water partition coefficient (Wildman–Crippen LogP) is 2.44. The Kier molecular flexibility index (Phi) is 3.90. The Balaban J connectivity index is 1.71. The molecule has 0 radical (unpaired) electrons. The van der Waals surface area contributed by atoms with Crippen LogP contribution in [0.5, 0.6) is 0 Å². The standard InChI is InChI=1S/C21H19N7O2/c1-4-28-18(13-8-22-11(2)23-9-13)27-17-16(24-10-25-19(17)28)12-5-6-15-14(7-12)21(3,30)20(29)26-15/h5-10,30H,4H2,1-3H3,(H,26,29). The first-order chi connectivity index (χ1) is 14.4. The summed E-state index contributed by atoms with van der Waals surface area (Å²) in [7, 11) is 0. The van der Waals surface area contributed by atoms with Gasteiger partial charge in [0, 0.05) is 35.8 Å². The topological polar surface area (TPSA) is 119 Å². The molecule has 9 heteroatoms. The summed E-state index contributed by atoms with van der Waals surface area (Å²) in [5, 5.41) is 13.3. The predicted molar refractivity (Wildman–Crippen MR) is 110 cm³/mol. The van der Waals surface area contributed by atoms with Crippen LogP contribution in [-0.2, 0) is 16.9 Å². The first-order valence-corrected chi connectivity index (χ1v) is 9.59. The molecule has 1 amide bonds. The third-order valence-corrected chi connectivity index (χ3v) is 5.40. The molecule has 5 rings (SSSR count). The third-order valence-electron chi connectivity index (χ3n) is 5.40. The Morgan fingerprint density at radius 3 is 2.63 bits per heavy atom. The number of nitrogens with zero attached hydrogens (tertiary/aromatic N) is 6. The van der Waals surface area contributed by atoms with Gasteiger partial charge in [0.15, 0.2) is 11.2 Å². The van der Waals surface area contributed by atoms with Crippen molar-refractivity contribution in [1.29, 1.82) is 0 Å². The van der Waals surface area contributed by atoms with E-state index in [1.54, 1.807) is 24.5 Å². The van der Waals surface area contributed by atoms with E-state index in [9.17, 15) is 9.90 Å². The van der Waals surface area contributed by atoms with E-state index in [0.29, 0.717) is 46.3 Å². The number of carbonyl (C=O) groups excluding carboxylic acids is 1. The Hall–Kier alpha value is -3.72. The van der Waals surface area contributed by atoms with E-state index in [-0.39, 0.29) is 0 Å². The first kappa shape index (κ1) is 18.3. The zero-order chi connectivity index (χ0) is 21.0. The van der Waals surface area contributed by atoms with Crippen LogP contribution >= 0.6 is 0 Å². The van der Waals surface area contributed by atoms with Gasteiger partial charge in [-0.3, -0.25) is 4.79 Å². The van der Waals surface area contributed by atoms with Crippen LogP contribution in [-0.4, -0.2) is 40.5 Å². The SMILES string of the molecule is CCn1c(-c2cnc(C)nc2)nc2c(-c3ccc4c(c3)C(C)(O)C(=O)N4)ncnc21. The van der Waals surface area contributed by atoms with Gasteiger partial charge < -0.3 is 15.0 Å². The smallest absolute Gasteiger partial charge is 0.260 e. The zero-order valence-corrected chi connectivity index (χ0v) is 16.7. The minimum atomic E-state index is -1.59. The number of hydrogen-bond donors (Lipinski definition) is 2. The number of rotatable bonds is 3. The molecule has 2 N–H and O–H groups in total. The highest BCUT2D eigenvalue weighted by atomic mass is 16.3. The lowest BCUT2D eigenvalue weighted by molar-refractivity contribution is -0.131. The fourth-order valence-corrected chi connectivity index (χ4v) is 3.75. The number of aliphatic hydroxyl groups is 1. The average Bonchev–Trinajstić information content (AvgIpc) is 3.23. The van der Waals surface area contributed by atoms with Crippen molar-refractivity contribution in [3.63, 3.8) is 0 Å². The minimum Gasteiger partial charge on any atom is -0.375 e. The number of fused-ring (bicyclic) bond motifs is 2. The molecule has 3 aromatic heterocycles. The van der Waals surface area contributed by atoms with E-state index < -0.39 is 11.5 Å². The highest BCUT2D eigenvalue weighted by Crippen LogP contribution is 2.39. The molecule has 30 heavy (non-hydrogen) atoms. The number of aryl methyl sites for hydroxylation is 2. The molecule has 9 nitrogen and oxygen atoms in total. The Labute approximate surface area is 171 Å². The fraction of sp³-hybridized carbons (Fsp3) is 0.238. The summed E-state index contributed by atoms with van der Waals surface area (Å²) in [5.74, 6) is 0.949. The van der Waals surface area contributed by atoms with Gasteiger partial charge in [0.2, 0.25) is 0 Å². The number of imidazole rings is 1. The van der Waals surface area contributed by atoms with Crippen molar-refractivity contribution in [2.45, 2.75) is 32.9 Å². The average molecular weight is 401 g/mol. The van der Waals surface area contributed by atoms with E-state index in [0.717, 1.165) is 11.1 Å². The molecule has 1 aliphatic rings. The number of anilines is 1. The molecule has 1 aliphatic heterocycles. The van der Waals surface area contributed by atoms with Crippen LogP contribution in [0.2, 0.25) is 0 Å². The quantitative estimate of drug-likeness (QED) is 0.541. The second-order valence-electron chi connectivity index (χ2n) is 7.38. The second kappa shape index (κ2) is 6.39. The van der Waals surface area contributed by atoms with Gasteiger partial charge in [0.1, 0.15) is 29.2 Å². The van der Waals surface area contributed by atoms with Gasteiger partial charge in [-0.15, -0.1) is 0 Å². The summed E-state index contributed by atoms with van der Waals surface area (Å²) in [6.45, 7) is 5.99. The molecular weight excluding hydrogens is 382 g/mol. The van der Waals surface area contributed by atoms with Gasteiger partial charge in [-0.2, -0.15) is 0 Å². The van der Waals surface area contributed by atoms with Gasteiger partial charge in [-0.25, -0.2) is 24.9 Å². The molecule has 0 fully saturated rings. The van der Waals surface area contributed by atoms with Crippen molar-refractivity contribution in [2.24, 2.45) is 0 Å². The van der Waals surface area contributed by atoms with Crippen LogP contribution in [0.4, 0.5) is 5.69 Å². The highest BCUT2D eigenvalue weighted by Gasteiger charge is 2.41. The van der Waals surface area contributed by atoms with Crippen molar-refractivity contribution in [2.75, 3.05) is 5.32 Å². The number of benzene rings is 1. The van der Waals surface area contributed by atoms with Crippen LogP contribution in [0.15, 0.2) is 36.9 Å². The van der Waals surface area contributed by atoms with Crippen LogP contribution in [0.3, 0.4) is 0 Å². The molecule has 150 valence electrons. The van der Waals surface area contributed by atoms with Gasteiger partial charge in [-0.1, -0.05) is 6.07 Å². The van der Waals surface area contributed by atoms with E-state index in [1.165, 1.54) is 13.3 Å². The van der Waals surface area contributed by atoms with Gasteiger partial charge in [0.25, 0.3) is 5.91 Å². The maximum atomic E-state index is 12.1. The molecule has 4 aromatic rings. The summed E-state index contributed by atoms with van der Waals surface area (Å²) >= 11 is 0. The van der Waals surface area contributed by atoms with Gasteiger partial charge in [0.05, 0.1) is 5.56 Å². The Morgan fingerprint density at radius 1 is 1.13 bits per heavy atom. The number of nitrogens with one attached hydrogen (secondary N) is 1. The van der Waals surface area contributed by atoms with E-state index in [2.05, 4.69) is 25.3 Å². The van der Waals surface area contributed by atoms with Crippen LogP contribution in [0, 0.1) is 6.92 Å². The summed E-state index contributed by atoms with van der Waals surface area (Å²) < 4.78 is 1.99. The van der Waals surface area contributed by atoms with E-state index in [4.69, 9.17) is 4.98 Å². The Morgan fingerprint density at radius 2 is 1.90 bits per heavy atom. The zero-order valence-electron chi connectivity index (χ0n) is 16.7. The van der Waals surface area contributed by atoms with Crippen molar-refractivity contribution in [1.82, 2.24) is 29.5 Å². The van der Waals surface area contributed by atoms with Crippen molar-refractivity contribution in [3.8, 4) is 22.6 Å². The molecule has 0 bridgehead atoms. The summed E-state index contributed by atoms with van der Waals surface area (Å²) in [4.78, 5) is 34.3. The minimum absolute atomic E-state index is 0.445.